The molecular formula is C14H12FN3OS. The second-order valence-electron chi connectivity index (χ2n) is 4.34. The van der Waals surface area contributed by atoms with Gasteiger partial charge < -0.3 is 5.11 Å². The third kappa shape index (κ3) is 2.28. The Bertz CT molecular complexity index is 757. The number of halogens is 1. The zero-order valence-corrected chi connectivity index (χ0v) is 11.5. The second kappa shape index (κ2) is 5.22. The van der Waals surface area contributed by atoms with Crippen LogP contribution in [0.5, 0.6) is 0 Å². The lowest BCUT2D eigenvalue weighted by Crippen LogP contribution is -1.99. The van der Waals surface area contributed by atoms with E-state index in [1.54, 1.807) is 19.1 Å². The number of nitrogens with zero attached hydrogens (tertiary/aromatic N) is 3. The fourth-order valence-electron chi connectivity index (χ4n) is 2.00. The summed E-state index contributed by atoms with van der Waals surface area (Å²) in [5, 5.41) is 18.5. The summed E-state index contributed by atoms with van der Waals surface area (Å²) in [4.78, 5) is 0.637. The summed E-state index contributed by atoms with van der Waals surface area (Å²) in [5.41, 5.74) is 1.01. The molecule has 0 aliphatic heterocycles. The fraction of sp³-hybridized carbons (Fsp3) is 0.143. The maximum atomic E-state index is 13.8. The van der Waals surface area contributed by atoms with E-state index in [0.717, 1.165) is 5.65 Å². The van der Waals surface area contributed by atoms with Gasteiger partial charge in [-0.3, -0.25) is 4.40 Å². The minimum atomic E-state index is -0.877. The highest BCUT2D eigenvalue weighted by Crippen LogP contribution is 2.33. The molecule has 2 aromatic heterocycles. The van der Waals surface area contributed by atoms with Gasteiger partial charge in [-0.15, -0.1) is 10.2 Å². The molecule has 0 radical (unpaired) electrons. The molecule has 2 heterocycles. The summed E-state index contributed by atoms with van der Waals surface area (Å²) in [6.07, 6.45) is 0.969. The molecule has 0 fully saturated rings. The largest absolute Gasteiger partial charge is 0.389 e. The van der Waals surface area contributed by atoms with Crippen molar-refractivity contribution < 1.29 is 9.50 Å². The van der Waals surface area contributed by atoms with Crippen molar-refractivity contribution in [1.29, 1.82) is 0 Å². The van der Waals surface area contributed by atoms with Crippen molar-refractivity contribution >= 4 is 17.4 Å². The Morgan fingerprint density at radius 2 is 2.05 bits per heavy atom. The van der Waals surface area contributed by atoms with E-state index >= 15 is 0 Å². The molecule has 0 spiro atoms. The number of hydrogen-bond donors (Lipinski definition) is 1. The highest BCUT2D eigenvalue weighted by Gasteiger charge is 2.16. The van der Waals surface area contributed by atoms with Gasteiger partial charge >= 0.3 is 0 Å². The summed E-state index contributed by atoms with van der Waals surface area (Å²) < 4.78 is 15.6. The highest BCUT2D eigenvalue weighted by molar-refractivity contribution is 7.99. The molecule has 0 saturated heterocycles. The van der Waals surface area contributed by atoms with Crippen molar-refractivity contribution in [2.45, 2.75) is 23.1 Å². The molecule has 102 valence electrons. The van der Waals surface area contributed by atoms with Crippen LogP contribution >= 0.6 is 11.8 Å². The summed E-state index contributed by atoms with van der Waals surface area (Å²) in [7, 11) is 0. The normalized spacial score (nSPS) is 12.8. The quantitative estimate of drug-likeness (QED) is 0.805. The van der Waals surface area contributed by atoms with Gasteiger partial charge in [0.1, 0.15) is 5.82 Å². The molecule has 0 aliphatic rings. The van der Waals surface area contributed by atoms with E-state index in [2.05, 4.69) is 10.2 Å². The van der Waals surface area contributed by atoms with E-state index in [9.17, 15) is 9.50 Å². The molecule has 3 rings (SSSR count). The first-order chi connectivity index (χ1) is 9.66. The number of rotatable bonds is 3. The summed E-state index contributed by atoms with van der Waals surface area (Å²) in [6, 6.07) is 10.3. The third-order valence-electron chi connectivity index (χ3n) is 2.91. The lowest BCUT2D eigenvalue weighted by Gasteiger charge is -2.11. The first kappa shape index (κ1) is 13.1. The van der Waals surface area contributed by atoms with Crippen LogP contribution in [-0.4, -0.2) is 19.7 Å². The van der Waals surface area contributed by atoms with Crippen molar-refractivity contribution in [3.63, 3.8) is 0 Å². The number of benzene rings is 1. The molecule has 0 aliphatic carbocycles. The number of hydrogen-bond acceptors (Lipinski definition) is 4. The van der Waals surface area contributed by atoms with E-state index in [0.29, 0.717) is 10.1 Å². The molecule has 0 saturated carbocycles. The second-order valence-corrected chi connectivity index (χ2v) is 5.35. The van der Waals surface area contributed by atoms with E-state index in [1.807, 2.05) is 28.8 Å². The predicted molar refractivity (Wildman–Crippen MR) is 74.1 cm³/mol. The van der Waals surface area contributed by atoms with Crippen LogP contribution in [0.2, 0.25) is 0 Å². The lowest BCUT2D eigenvalue weighted by atomic mass is 10.1. The summed E-state index contributed by atoms with van der Waals surface area (Å²) in [6.45, 7) is 1.55. The summed E-state index contributed by atoms with van der Waals surface area (Å²) in [5.74, 6) is -0.418. The number of aliphatic hydroxyl groups excluding tert-OH is 1. The average molecular weight is 289 g/mol. The van der Waals surface area contributed by atoms with Gasteiger partial charge in [-0.1, -0.05) is 12.1 Å². The Labute approximate surface area is 119 Å². The molecule has 4 nitrogen and oxygen atoms in total. The fourth-order valence-corrected chi connectivity index (χ4v) is 3.05. The molecular weight excluding hydrogens is 277 g/mol. The Balaban J connectivity index is 2.05. The Kier molecular flexibility index (Phi) is 3.42. The minimum absolute atomic E-state index is 0.283. The van der Waals surface area contributed by atoms with Gasteiger partial charge in [-0.2, -0.15) is 0 Å². The van der Waals surface area contributed by atoms with Crippen molar-refractivity contribution in [3.05, 3.63) is 54.0 Å². The maximum Gasteiger partial charge on any atom is 0.200 e. The van der Waals surface area contributed by atoms with Crippen LogP contribution in [0.3, 0.4) is 0 Å². The van der Waals surface area contributed by atoms with E-state index < -0.39 is 11.9 Å². The molecule has 1 atom stereocenters. The third-order valence-corrected chi connectivity index (χ3v) is 3.95. The number of pyridine rings is 1. The van der Waals surface area contributed by atoms with Crippen LogP contribution in [0, 0.1) is 5.82 Å². The lowest BCUT2D eigenvalue weighted by molar-refractivity contribution is 0.191. The standard InChI is InChI=1S/C14H12FN3OS/c1-9(19)13-10(15)5-4-6-11(13)20-14-17-16-12-7-2-3-8-18(12)14/h2-9,19H,1H3/t9-/m0/s1. The van der Waals surface area contributed by atoms with E-state index in [4.69, 9.17) is 0 Å². The van der Waals surface area contributed by atoms with Crippen molar-refractivity contribution in [2.24, 2.45) is 0 Å². The Hall–Kier alpha value is -1.92. The van der Waals surface area contributed by atoms with Gasteiger partial charge in [0.2, 0.25) is 0 Å². The SMILES string of the molecule is C[C@H](O)c1c(F)cccc1Sc1nnc2ccccn12. The minimum Gasteiger partial charge on any atom is -0.389 e. The monoisotopic (exact) mass is 289 g/mol. The predicted octanol–water partition coefficient (Wildman–Crippen LogP) is 3.07. The number of fused-ring (bicyclic) bond motifs is 1. The van der Waals surface area contributed by atoms with E-state index in [1.165, 1.54) is 17.8 Å². The Morgan fingerprint density at radius 3 is 2.85 bits per heavy atom. The highest BCUT2D eigenvalue weighted by atomic mass is 32.2. The topological polar surface area (TPSA) is 50.4 Å². The van der Waals surface area contributed by atoms with Crippen molar-refractivity contribution in [1.82, 2.24) is 14.6 Å². The molecule has 3 aromatic rings. The van der Waals surface area contributed by atoms with Gasteiger partial charge in [0.05, 0.1) is 6.10 Å². The van der Waals surface area contributed by atoms with Crippen LogP contribution in [0.4, 0.5) is 4.39 Å². The molecule has 0 unspecified atom stereocenters. The first-order valence-corrected chi connectivity index (χ1v) is 6.92. The molecule has 20 heavy (non-hydrogen) atoms. The van der Waals surface area contributed by atoms with Crippen molar-refractivity contribution in [2.75, 3.05) is 0 Å². The maximum absolute atomic E-state index is 13.8. The van der Waals surface area contributed by atoms with Crippen LogP contribution in [-0.2, 0) is 0 Å². The van der Waals surface area contributed by atoms with Gasteiger partial charge in [-0.25, -0.2) is 4.39 Å². The molecule has 6 heteroatoms. The van der Waals surface area contributed by atoms with Crippen molar-refractivity contribution in [3.8, 4) is 0 Å². The molecule has 0 bridgehead atoms. The van der Waals surface area contributed by atoms with E-state index in [-0.39, 0.29) is 5.56 Å². The molecule has 1 N–H and O–H groups in total. The van der Waals surface area contributed by atoms with Gasteiger partial charge in [-0.05, 0) is 43.0 Å². The smallest absolute Gasteiger partial charge is 0.200 e. The number of aliphatic hydroxyl groups is 1. The first-order valence-electron chi connectivity index (χ1n) is 6.11. The molecule has 0 amide bonds. The zero-order chi connectivity index (χ0) is 14.1. The van der Waals surface area contributed by atoms with Gasteiger partial charge in [0.25, 0.3) is 0 Å². The van der Waals surface area contributed by atoms with Gasteiger partial charge in [0.15, 0.2) is 10.8 Å². The van der Waals surface area contributed by atoms with Gasteiger partial charge in [0, 0.05) is 16.7 Å². The van der Waals surface area contributed by atoms with Crippen LogP contribution < -0.4 is 0 Å². The van der Waals surface area contributed by atoms with Crippen LogP contribution in [0.1, 0.15) is 18.6 Å². The Morgan fingerprint density at radius 1 is 1.20 bits per heavy atom. The summed E-state index contributed by atoms with van der Waals surface area (Å²) >= 11 is 1.28. The zero-order valence-electron chi connectivity index (χ0n) is 10.7. The number of aromatic nitrogens is 3. The van der Waals surface area contributed by atoms with Crippen LogP contribution in [0.15, 0.2) is 52.6 Å². The molecule has 1 aromatic carbocycles. The van der Waals surface area contributed by atoms with Crippen LogP contribution in [0.25, 0.3) is 5.65 Å². The average Bonchev–Trinajstić information content (AvgIpc) is 2.82.